The summed E-state index contributed by atoms with van der Waals surface area (Å²) in [5, 5.41) is 11.5. The first-order chi connectivity index (χ1) is 12.0. The molecule has 0 saturated heterocycles. The Morgan fingerprint density at radius 2 is 2.00 bits per heavy atom. The van der Waals surface area contributed by atoms with Gasteiger partial charge in [-0.25, -0.2) is 4.98 Å². The summed E-state index contributed by atoms with van der Waals surface area (Å²) in [6, 6.07) is 9.82. The Labute approximate surface area is 147 Å². The minimum absolute atomic E-state index is 0.0399. The molecule has 0 radical (unpaired) electrons. The number of aromatic hydroxyl groups is 1. The standard InChI is InChI=1S/C17H15N3O4S/c1-10-12(18-17(24-10)14-7-4-8-25-14)9-15(22)19-20-16(23)11-5-2-3-6-13(11)21/h2-8,21H,9H2,1H3,(H,19,22)(H,20,23). The second-order valence-corrected chi connectivity index (χ2v) is 6.14. The van der Waals surface area contributed by atoms with E-state index in [4.69, 9.17) is 4.42 Å². The smallest absolute Gasteiger partial charge is 0.273 e. The predicted octanol–water partition coefficient (Wildman–Crippen LogP) is 2.42. The van der Waals surface area contributed by atoms with Crippen LogP contribution in [0.4, 0.5) is 0 Å². The van der Waals surface area contributed by atoms with Gasteiger partial charge in [0.15, 0.2) is 0 Å². The topological polar surface area (TPSA) is 104 Å². The van der Waals surface area contributed by atoms with Crippen LogP contribution in [0.15, 0.2) is 46.2 Å². The van der Waals surface area contributed by atoms with Gasteiger partial charge in [-0.1, -0.05) is 18.2 Å². The van der Waals surface area contributed by atoms with Gasteiger partial charge in [-0.15, -0.1) is 11.3 Å². The summed E-state index contributed by atoms with van der Waals surface area (Å²) in [5.74, 6) is -0.207. The maximum absolute atomic E-state index is 12.0. The lowest BCUT2D eigenvalue weighted by Gasteiger charge is -2.07. The Bertz CT molecular complexity index is 903. The van der Waals surface area contributed by atoms with Crippen molar-refractivity contribution in [3.8, 4) is 16.5 Å². The number of phenols is 1. The number of rotatable bonds is 4. The first kappa shape index (κ1) is 16.7. The molecule has 2 heterocycles. The number of aryl methyl sites for hydroxylation is 1. The van der Waals surface area contributed by atoms with Gasteiger partial charge in [-0.3, -0.25) is 20.4 Å². The number of thiophene rings is 1. The lowest BCUT2D eigenvalue weighted by molar-refractivity contribution is -0.121. The molecule has 3 aromatic rings. The third-order valence-electron chi connectivity index (χ3n) is 3.42. The molecule has 8 heteroatoms. The molecule has 0 aliphatic carbocycles. The number of benzene rings is 1. The molecule has 0 unspecified atom stereocenters. The van der Waals surface area contributed by atoms with Crippen LogP contribution in [0.25, 0.3) is 10.8 Å². The molecule has 0 bridgehead atoms. The largest absolute Gasteiger partial charge is 0.507 e. The van der Waals surface area contributed by atoms with Crippen molar-refractivity contribution >= 4 is 23.2 Å². The fourth-order valence-corrected chi connectivity index (χ4v) is 2.80. The second-order valence-electron chi connectivity index (χ2n) is 5.20. The number of phenolic OH excluding ortho intramolecular Hbond substituents is 1. The van der Waals surface area contributed by atoms with Gasteiger partial charge in [0, 0.05) is 0 Å². The summed E-state index contributed by atoms with van der Waals surface area (Å²) in [7, 11) is 0. The third-order valence-corrected chi connectivity index (χ3v) is 4.27. The van der Waals surface area contributed by atoms with Gasteiger partial charge in [0.2, 0.25) is 11.8 Å². The summed E-state index contributed by atoms with van der Waals surface area (Å²) >= 11 is 1.49. The van der Waals surface area contributed by atoms with Crippen molar-refractivity contribution in [2.24, 2.45) is 0 Å². The van der Waals surface area contributed by atoms with Crippen molar-refractivity contribution in [3.05, 3.63) is 58.8 Å². The normalized spacial score (nSPS) is 10.4. The molecule has 7 nitrogen and oxygen atoms in total. The van der Waals surface area contributed by atoms with Crippen LogP contribution < -0.4 is 10.9 Å². The highest BCUT2D eigenvalue weighted by molar-refractivity contribution is 7.13. The summed E-state index contributed by atoms with van der Waals surface area (Å²) < 4.78 is 5.57. The van der Waals surface area contributed by atoms with Gasteiger partial charge in [0.05, 0.1) is 22.6 Å². The monoisotopic (exact) mass is 357 g/mol. The van der Waals surface area contributed by atoms with Crippen molar-refractivity contribution in [2.75, 3.05) is 0 Å². The summed E-state index contributed by atoms with van der Waals surface area (Å²) in [6.07, 6.45) is -0.0399. The van der Waals surface area contributed by atoms with E-state index in [2.05, 4.69) is 15.8 Å². The molecule has 0 aliphatic rings. The summed E-state index contributed by atoms with van der Waals surface area (Å²) in [6.45, 7) is 1.73. The Balaban J connectivity index is 1.60. The molecule has 0 saturated carbocycles. The van der Waals surface area contributed by atoms with Crippen molar-refractivity contribution in [1.29, 1.82) is 0 Å². The summed E-state index contributed by atoms with van der Waals surface area (Å²) in [5.41, 5.74) is 5.13. The van der Waals surface area contributed by atoms with E-state index in [1.54, 1.807) is 19.1 Å². The molecule has 2 amide bonds. The van der Waals surface area contributed by atoms with Crippen molar-refractivity contribution in [1.82, 2.24) is 15.8 Å². The van der Waals surface area contributed by atoms with E-state index in [-0.39, 0.29) is 17.7 Å². The number of nitrogens with zero attached hydrogens (tertiary/aromatic N) is 1. The van der Waals surface area contributed by atoms with E-state index >= 15 is 0 Å². The average molecular weight is 357 g/mol. The van der Waals surface area contributed by atoms with E-state index in [0.29, 0.717) is 17.3 Å². The van der Waals surface area contributed by atoms with Crippen LogP contribution in [0, 0.1) is 6.92 Å². The zero-order chi connectivity index (χ0) is 17.8. The number of hydrogen-bond acceptors (Lipinski definition) is 6. The highest BCUT2D eigenvalue weighted by Crippen LogP contribution is 2.26. The Hall–Kier alpha value is -3.13. The maximum atomic E-state index is 12.0. The molecule has 128 valence electrons. The maximum Gasteiger partial charge on any atom is 0.273 e. The predicted molar refractivity (Wildman–Crippen MR) is 92.0 cm³/mol. The minimum Gasteiger partial charge on any atom is -0.507 e. The van der Waals surface area contributed by atoms with Crippen LogP contribution in [0.3, 0.4) is 0 Å². The molecule has 1 aromatic carbocycles. The molecule has 3 rings (SSSR count). The van der Waals surface area contributed by atoms with Crippen LogP contribution >= 0.6 is 11.3 Å². The van der Waals surface area contributed by atoms with Gasteiger partial charge in [0.25, 0.3) is 5.91 Å². The van der Waals surface area contributed by atoms with Gasteiger partial charge in [-0.2, -0.15) is 0 Å². The highest BCUT2D eigenvalue weighted by atomic mass is 32.1. The SMILES string of the molecule is Cc1oc(-c2cccs2)nc1CC(=O)NNC(=O)c1ccccc1O. The van der Waals surface area contributed by atoms with E-state index in [9.17, 15) is 14.7 Å². The van der Waals surface area contributed by atoms with E-state index in [1.807, 2.05) is 17.5 Å². The van der Waals surface area contributed by atoms with E-state index < -0.39 is 11.8 Å². The number of carbonyl (C=O) groups excluding carboxylic acids is 2. The van der Waals surface area contributed by atoms with Crippen LogP contribution in [0.5, 0.6) is 5.75 Å². The highest BCUT2D eigenvalue weighted by Gasteiger charge is 2.16. The molecule has 0 atom stereocenters. The minimum atomic E-state index is -0.609. The number of nitrogens with one attached hydrogen (secondary N) is 2. The number of hydrazine groups is 1. The molecule has 0 aliphatic heterocycles. The molecular formula is C17H15N3O4S. The van der Waals surface area contributed by atoms with Crippen molar-refractivity contribution in [2.45, 2.75) is 13.3 Å². The number of amides is 2. The molecule has 3 N–H and O–H groups in total. The number of para-hydroxylation sites is 1. The van der Waals surface area contributed by atoms with Gasteiger partial charge in [0.1, 0.15) is 11.5 Å². The van der Waals surface area contributed by atoms with Crippen LogP contribution in [-0.2, 0) is 11.2 Å². The second kappa shape index (κ2) is 7.18. The van der Waals surface area contributed by atoms with Crippen LogP contribution in [0.1, 0.15) is 21.8 Å². The molecule has 25 heavy (non-hydrogen) atoms. The van der Waals surface area contributed by atoms with Gasteiger partial charge < -0.3 is 9.52 Å². The number of oxazole rings is 1. The number of carbonyl (C=O) groups is 2. The third kappa shape index (κ3) is 3.86. The quantitative estimate of drug-likeness (QED) is 0.622. The fraction of sp³-hybridized carbons (Fsp3) is 0.118. The first-order valence-electron chi connectivity index (χ1n) is 7.42. The van der Waals surface area contributed by atoms with Crippen molar-refractivity contribution < 1.29 is 19.1 Å². The fourth-order valence-electron chi connectivity index (χ4n) is 2.15. The Morgan fingerprint density at radius 3 is 2.72 bits per heavy atom. The van der Waals surface area contributed by atoms with Crippen LogP contribution in [-0.4, -0.2) is 21.9 Å². The number of aromatic nitrogens is 1. The van der Waals surface area contributed by atoms with E-state index in [1.165, 1.54) is 23.5 Å². The zero-order valence-electron chi connectivity index (χ0n) is 13.3. The Kier molecular flexibility index (Phi) is 4.80. The van der Waals surface area contributed by atoms with E-state index in [0.717, 1.165) is 4.88 Å². The summed E-state index contributed by atoms with van der Waals surface area (Å²) in [4.78, 5) is 29.1. The number of hydrogen-bond donors (Lipinski definition) is 3. The Morgan fingerprint density at radius 1 is 1.20 bits per heavy atom. The van der Waals surface area contributed by atoms with Crippen molar-refractivity contribution in [3.63, 3.8) is 0 Å². The average Bonchev–Trinajstić information content (AvgIpc) is 3.23. The van der Waals surface area contributed by atoms with Crippen LogP contribution in [0.2, 0.25) is 0 Å². The molecule has 2 aromatic heterocycles. The lowest BCUT2D eigenvalue weighted by atomic mass is 10.2. The molecular weight excluding hydrogens is 342 g/mol. The molecule has 0 fully saturated rings. The first-order valence-corrected chi connectivity index (χ1v) is 8.30. The van der Waals surface area contributed by atoms with Gasteiger partial charge in [-0.05, 0) is 30.5 Å². The lowest BCUT2D eigenvalue weighted by Crippen LogP contribution is -2.42. The zero-order valence-corrected chi connectivity index (χ0v) is 14.1. The van der Waals surface area contributed by atoms with Gasteiger partial charge >= 0.3 is 0 Å². The molecule has 0 spiro atoms.